The molecule has 1 aromatic heterocycles. The van der Waals surface area contributed by atoms with Gasteiger partial charge in [-0.15, -0.1) is 0 Å². The summed E-state index contributed by atoms with van der Waals surface area (Å²) in [5.74, 6) is 1.93. The number of fused-ring (bicyclic) bond motifs is 1. The third-order valence-corrected chi connectivity index (χ3v) is 7.12. The molecule has 0 bridgehead atoms. The van der Waals surface area contributed by atoms with Crippen molar-refractivity contribution in [2.75, 3.05) is 45.3 Å². The predicted molar refractivity (Wildman–Crippen MR) is 164 cm³/mol. The van der Waals surface area contributed by atoms with Gasteiger partial charge in [0.1, 0.15) is 30.3 Å². The molecular weight excluding hydrogens is 552 g/mol. The second kappa shape index (κ2) is 14.2. The summed E-state index contributed by atoms with van der Waals surface area (Å²) in [5.41, 5.74) is 0.496. The molecule has 2 amide bonds. The van der Waals surface area contributed by atoms with Gasteiger partial charge in [-0.05, 0) is 50.0 Å². The molecule has 12 heteroatoms. The SMILES string of the molecule is COc1cc2ncnc(Oc3cccc(NC(=O)NC(=N)/C=C(\O)C(C)(C)C)c3)c2cc1OCCN1CCC(CO)CC1. The van der Waals surface area contributed by atoms with Crippen molar-refractivity contribution in [2.45, 2.75) is 33.6 Å². The molecule has 3 aromatic rings. The number of methoxy groups -OCH3 is 1. The van der Waals surface area contributed by atoms with Crippen LogP contribution in [0.3, 0.4) is 0 Å². The lowest BCUT2D eigenvalue weighted by Crippen LogP contribution is -2.37. The molecule has 2 heterocycles. The minimum Gasteiger partial charge on any atom is -0.512 e. The molecule has 4 rings (SSSR count). The molecule has 43 heavy (non-hydrogen) atoms. The van der Waals surface area contributed by atoms with E-state index in [0.29, 0.717) is 52.2 Å². The van der Waals surface area contributed by atoms with Crippen molar-refractivity contribution in [1.82, 2.24) is 20.2 Å². The van der Waals surface area contributed by atoms with Crippen LogP contribution < -0.4 is 24.8 Å². The van der Waals surface area contributed by atoms with Gasteiger partial charge in [0.05, 0.1) is 18.0 Å². The van der Waals surface area contributed by atoms with Crippen molar-refractivity contribution in [3.63, 3.8) is 0 Å². The van der Waals surface area contributed by atoms with Crippen LogP contribution in [0.5, 0.6) is 23.1 Å². The number of aliphatic hydroxyl groups excluding tert-OH is 2. The van der Waals surface area contributed by atoms with Crippen LogP contribution in [0, 0.1) is 16.7 Å². The molecule has 0 saturated carbocycles. The highest BCUT2D eigenvalue weighted by atomic mass is 16.5. The number of benzene rings is 2. The highest BCUT2D eigenvalue weighted by molar-refractivity contribution is 6.06. The molecule has 0 unspecified atom stereocenters. The summed E-state index contributed by atoms with van der Waals surface area (Å²) >= 11 is 0. The number of piperidine rings is 1. The minimum atomic E-state index is -0.640. The quantitative estimate of drug-likeness (QED) is 0.122. The number of likely N-dealkylation sites (tertiary alicyclic amines) is 1. The lowest BCUT2D eigenvalue weighted by molar-refractivity contribution is 0.118. The average Bonchev–Trinajstić information content (AvgIpc) is 2.97. The summed E-state index contributed by atoms with van der Waals surface area (Å²) < 4.78 is 17.8. The number of ether oxygens (including phenoxy) is 3. The normalized spacial score (nSPS) is 14.8. The Labute approximate surface area is 251 Å². The summed E-state index contributed by atoms with van der Waals surface area (Å²) in [6.07, 6.45) is 4.57. The maximum absolute atomic E-state index is 12.4. The lowest BCUT2D eigenvalue weighted by Gasteiger charge is -2.30. The van der Waals surface area contributed by atoms with Crippen molar-refractivity contribution < 1.29 is 29.2 Å². The number of amides is 2. The molecule has 12 nitrogen and oxygen atoms in total. The summed E-state index contributed by atoms with van der Waals surface area (Å²) in [5, 5.41) is 33.0. The fraction of sp³-hybridized carbons (Fsp3) is 0.419. The number of rotatable bonds is 10. The van der Waals surface area contributed by atoms with E-state index in [1.54, 1.807) is 64.3 Å². The van der Waals surface area contributed by atoms with Crippen molar-refractivity contribution >= 4 is 28.5 Å². The van der Waals surface area contributed by atoms with Gasteiger partial charge in [0.25, 0.3) is 0 Å². The number of amidine groups is 1. The van der Waals surface area contributed by atoms with Crippen LogP contribution in [0.1, 0.15) is 33.6 Å². The Kier molecular flexibility index (Phi) is 10.4. The maximum atomic E-state index is 12.4. The second-order valence-electron chi connectivity index (χ2n) is 11.4. The Hall–Kier alpha value is -4.42. The second-order valence-corrected chi connectivity index (χ2v) is 11.4. The minimum absolute atomic E-state index is 0.0182. The van der Waals surface area contributed by atoms with Gasteiger partial charge in [-0.2, -0.15) is 0 Å². The monoisotopic (exact) mass is 592 g/mol. The van der Waals surface area contributed by atoms with Crippen LogP contribution in [0.2, 0.25) is 0 Å². The smallest absolute Gasteiger partial charge is 0.324 e. The zero-order valence-electron chi connectivity index (χ0n) is 25.0. The van der Waals surface area contributed by atoms with Crippen LogP contribution in [0.25, 0.3) is 10.9 Å². The largest absolute Gasteiger partial charge is 0.512 e. The topological polar surface area (TPSA) is 162 Å². The van der Waals surface area contributed by atoms with Crippen molar-refractivity contribution in [3.8, 4) is 23.1 Å². The van der Waals surface area contributed by atoms with E-state index >= 15 is 0 Å². The molecule has 0 radical (unpaired) electrons. The van der Waals surface area contributed by atoms with Gasteiger partial charge in [0, 0.05) is 42.5 Å². The number of allylic oxidation sites excluding steroid dienone is 1. The van der Waals surface area contributed by atoms with E-state index in [1.165, 1.54) is 12.4 Å². The van der Waals surface area contributed by atoms with Crippen molar-refractivity contribution in [1.29, 1.82) is 5.41 Å². The maximum Gasteiger partial charge on any atom is 0.324 e. The number of nitrogens with one attached hydrogen (secondary N) is 3. The molecule has 0 spiro atoms. The fourth-order valence-corrected chi connectivity index (χ4v) is 4.49. The van der Waals surface area contributed by atoms with Gasteiger partial charge in [0.2, 0.25) is 5.88 Å². The van der Waals surface area contributed by atoms with Crippen molar-refractivity contribution in [3.05, 3.63) is 54.6 Å². The average molecular weight is 593 g/mol. The summed E-state index contributed by atoms with van der Waals surface area (Å²) in [6, 6.07) is 9.67. The van der Waals surface area contributed by atoms with E-state index in [4.69, 9.17) is 19.6 Å². The number of carbonyl (C=O) groups excluding carboxylic acids is 1. The molecule has 1 fully saturated rings. The van der Waals surface area contributed by atoms with Crippen LogP contribution in [0.15, 0.2) is 54.6 Å². The first-order valence-electron chi connectivity index (χ1n) is 14.2. The van der Waals surface area contributed by atoms with E-state index in [-0.39, 0.29) is 18.2 Å². The van der Waals surface area contributed by atoms with Crippen molar-refractivity contribution in [2.24, 2.45) is 11.3 Å². The highest BCUT2D eigenvalue weighted by Crippen LogP contribution is 2.36. The first-order chi connectivity index (χ1) is 20.5. The predicted octanol–water partition coefficient (Wildman–Crippen LogP) is 5.10. The van der Waals surface area contributed by atoms with Gasteiger partial charge in [-0.25, -0.2) is 14.8 Å². The summed E-state index contributed by atoms with van der Waals surface area (Å²) in [7, 11) is 1.58. The van der Waals surface area contributed by atoms with Gasteiger partial charge in [0.15, 0.2) is 11.5 Å². The van der Waals surface area contributed by atoms with Gasteiger partial charge < -0.3 is 29.7 Å². The molecule has 1 saturated heterocycles. The van der Waals surface area contributed by atoms with E-state index < -0.39 is 11.4 Å². The highest BCUT2D eigenvalue weighted by Gasteiger charge is 2.19. The van der Waals surface area contributed by atoms with Gasteiger partial charge in [-0.1, -0.05) is 26.8 Å². The van der Waals surface area contributed by atoms with Crippen LogP contribution in [-0.4, -0.2) is 76.9 Å². The number of carbonyl (C=O) groups is 1. The molecule has 2 aromatic carbocycles. The van der Waals surface area contributed by atoms with Crippen LogP contribution in [0.4, 0.5) is 10.5 Å². The molecule has 0 aliphatic carbocycles. The Morgan fingerprint density at radius 3 is 2.63 bits per heavy atom. The van der Waals surface area contributed by atoms with E-state index in [1.807, 2.05) is 0 Å². The van der Waals surface area contributed by atoms with Crippen LogP contribution in [-0.2, 0) is 0 Å². The third kappa shape index (κ3) is 8.79. The molecule has 1 aliphatic heterocycles. The van der Waals surface area contributed by atoms with E-state index in [2.05, 4.69) is 25.5 Å². The number of urea groups is 1. The lowest BCUT2D eigenvalue weighted by atomic mass is 9.93. The fourth-order valence-electron chi connectivity index (χ4n) is 4.49. The Balaban J connectivity index is 1.43. The number of aromatic nitrogens is 2. The number of aliphatic hydroxyl groups is 2. The zero-order valence-corrected chi connectivity index (χ0v) is 25.0. The number of nitrogens with zero attached hydrogens (tertiary/aromatic N) is 3. The van der Waals surface area contributed by atoms with Gasteiger partial charge in [-0.3, -0.25) is 15.6 Å². The van der Waals surface area contributed by atoms with Gasteiger partial charge >= 0.3 is 6.03 Å². The summed E-state index contributed by atoms with van der Waals surface area (Å²) in [6.45, 7) is 8.74. The first-order valence-corrected chi connectivity index (χ1v) is 14.2. The van der Waals surface area contributed by atoms with E-state index in [0.717, 1.165) is 32.5 Å². The Morgan fingerprint density at radius 1 is 1.16 bits per heavy atom. The van der Waals surface area contributed by atoms with Crippen LogP contribution >= 0.6 is 0 Å². The number of hydrogen-bond acceptors (Lipinski definition) is 10. The Morgan fingerprint density at radius 2 is 1.93 bits per heavy atom. The number of hydrogen-bond donors (Lipinski definition) is 5. The first kappa shape index (κ1) is 31.5. The molecule has 5 N–H and O–H groups in total. The Bertz CT molecular complexity index is 1460. The molecule has 230 valence electrons. The summed E-state index contributed by atoms with van der Waals surface area (Å²) in [4.78, 5) is 23.5. The molecule has 0 atom stereocenters. The third-order valence-electron chi connectivity index (χ3n) is 7.12. The standard InChI is InChI=1S/C31H40N6O6/c1-31(2,3)27(39)17-28(32)36-30(40)35-21-6-5-7-22(14-21)43-29-23-15-26(25(41-4)16-24(23)33-19-34-29)42-13-12-37-10-8-20(18-38)9-11-37/h5-7,14-17,19-20,38-39H,8-13,18H2,1-4H3,(H3,32,35,36,40)/b27-17-. The molecule has 1 aliphatic rings. The number of anilines is 1. The zero-order chi connectivity index (χ0) is 31.0. The van der Waals surface area contributed by atoms with E-state index in [9.17, 15) is 15.0 Å². The molecular formula is C31H40N6O6.